The summed E-state index contributed by atoms with van der Waals surface area (Å²) in [5.74, 6) is 1.10. The molecule has 0 radical (unpaired) electrons. The molecule has 0 amide bonds. The molecule has 2 heterocycles. The Balaban J connectivity index is 1.72. The predicted octanol–water partition coefficient (Wildman–Crippen LogP) is 3.65. The van der Waals surface area contributed by atoms with Crippen LogP contribution in [0.4, 0.5) is 0 Å². The van der Waals surface area contributed by atoms with Crippen molar-refractivity contribution < 1.29 is 8.42 Å². The van der Waals surface area contributed by atoms with Crippen LogP contribution >= 0.6 is 0 Å². The lowest BCUT2D eigenvalue weighted by Crippen LogP contribution is -2.34. The van der Waals surface area contributed by atoms with Crippen molar-refractivity contribution in [3.05, 3.63) is 42.5 Å². The van der Waals surface area contributed by atoms with Gasteiger partial charge in [-0.3, -0.25) is 0 Å². The van der Waals surface area contributed by atoms with Crippen molar-refractivity contribution in [2.24, 2.45) is 11.8 Å². The highest BCUT2D eigenvalue weighted by Crippen LogP contribution is 2.36. The molecule has 0 spiro atoms. The summed E-state index contributed by atoms with van der Waals surface area (Å²) in [6.45, 7) is 1.40. The van der Waals surface area contributed by atoms with Crippen LogP contribution in [0.2, 0.25) is 0 Å². The third-order valence-electron chi connectivity index (χ3n) is 5.25. The van der Waals surface area contributed by atoms with E-state index in [1.165, 1.54) is 25.7 Å². The lowest BCUT2D eigenvalue weighted by atomic mass is 9.84. The number of hydrogen-bond donors (Lipinski definition) is 0. The summed E-state index contributed by atoms with van der Waals surface area (Å²) < 4.78 is 27.8. The highest BCUT2D eigenvalue weighted by Gasteiger charge is 2.35. The molecule has 2 aromatic carbocycles. The fourth-order valence-corrected chi connectivity index (χ4v) is 5.55. The zero-order chi connectivity index (χ0) is 15.2. The maximum atomic E-state index is 13.0. The van der Waals surface area contributed by atoms with Gasteiger partial charge < -0.3 is 0 Å². The molecule has 0 atom stereocenters. The molecule has 2 aromatic rings. The molecule has 2 bridgehead atoms. The van der Waals surface area contributed by atoms with Crippen molar-refractivity contribution in [2.45, 2.75) is 30.6 Å². The van der Waals surface area contributed by atoms with Gasteiger partial charge in [0.25, 0.3) is 0 Å². The van der Waals surface area contributed by atoms with Gasteiger partial charge in [-0.25, -0.2) is 8.42 Å². The van der Waals surface area contributed by atoms with Gasteiger partial charge in [0.15, 0.2) is 0 Å². The van der Waals surface area contributed by atoms with E-state index < -0.39 is 10.0 Å². The molecule has 2 saturated heterocycles. The number of nitrogens with zero attached hydrogens (tertiary/aromatic N) is 1. The first-order chi connectivity index (χ1) is 10.6. The molecule has 5 rings (SSSR count). The second-order valence-corrected chi connectivity index (χ2v) is 8.66. The largest absolute Gasteiger partial charge is 0.243 e. The zero-order valence-corrected chi connectivity index (χ0v) is 13.4. The van der Waals surface area contributed by atoms with Crippen molar-refractivity contribution in [2.75, 3.05) is 13.1 Å². The van der Waals surface area contributed by atoms with E-state index >= 15 is 0 Å². The van der Waals surface area contributed by atoms with E-state index in [0.29, 0.717) is 29.8 Å². The van der Waals surface area contributed by atoms with Gasteiger partial charge in [-0.05, 0) is 60.4 Å². The van der Waals surface area contributed by atoms with Crippen LogP contribution in [0.3, 0.4) is 0 Å². The standard InChI is InChI=1S/C18H21NO2S/c20-22(21,19-12-14-5-6-15(13-19)8-7-14)18-10-9-16-3-1-2-4-17(16)11-18/h1-4,9-11,14-15H,5-8,12-13H2. The molecular formula is C18H21NO2S. The summed E-state index contributed by atoms with van der Waals surface area (Å²) in [6.07, 6.45) is 4.76. The van der Waals surface area contributed by atoms with E-state index in [0.717, 1.165) is 10.8 Å². The minimum absolute atomic E-state index is 0.438. The van der Waals surface area contributed by atoms with Crippen LogP contribution in [0.25, 0.3) is 10.8 Å². The van der Waals surface area contributed by atoms with Gasteiger partial charge in [0.05, 0.1) is 4.90 Å². The Labute approximate surface area is 132 Å². The molecule has 1 saturated carbocycles. The summed E-state index contributed by atoms with van der Waals surface area (Å²) in [4.78, 5) is 0.438. The Morgan fingerprint density at radius 3 is 2.05 bits per heavy atom. The normalized spacial score (nSPS) is 26.2. The molecule has 0 unspecified atom stereocenters. The highest BCUT2D eigenvalue weighted by atomic mass is 32.2. The monoisotopic (exact) mass is 315 g/mol. The van der Waals surface area contributed by atoms with Crippen molar-refractivity contribution in [1.29, 1.82) is 0 Å². The minimum atomic E-state index is -3.37. The molecule has 0 N–H and O–H groups in total. The van der Waals surface area contributed by atoms with Crippen molar-refractivity contribution in [3.8, 4) is 0 Å². The van der Waals surface area contributed by atoms with Crippen LogP contribution in [0.15, 0.2) is 47.4 Å². The number of rotatable bonds is 2. The van der Waals surface area contributed by atoms with Gasteiger partial charge >= 0.3 is 0 Å². The predicted molar refractivity (Wildman–Crippen MR) is 88.2 cm³/mol. The van der Waals surface area contributed by atoms with E-state index in [9.17, 15) is 8.42 Å². The van der Waals surface area contributed by atoms with Crippen LogP contribution in [0.1, 0.15) is 25.7 Å². The second-order valence-electron chi connectivity index (χ2n) is 6.72. The third kappa shape index (κ3) is 2.44. The Morgan fingerprint density at radius 1 is 0.818 bits per heavy atom. The molecule has 22 heavy (non-hydrogen) atoms. The molecule has 116 valence electrons. The third-order valence-corrected chi connectivity index (χ3v) is 7.08. The fourth-order valence-electron chi connectivity index (χ4n) is 3.92. The van der Waals surface area contributed by atoms with E-state index in [1.54, 1.807) is 10.4 Å². The van der Waals surface area contributed by atoms with Crippen molar-refractivity contribution in [3.63, 3.8) is 0 Å². The molecular weight excluding hydrogens is 294 g/mol. The number of hydrogen-bond acceptors (Lipinski definition) is 2. The summed E-state index contributed by atoms with van der Waals surface area (Å²) in [5.41, 5.74) is 0. The minimum Gasteiger partial charge on any atom is -0.207 e. The first-order valence-corrected chi connectivity index (χ1v) is 9.56. The summed E-state index contributed by atoms with van der Waals surface area (Å²) in [7, 11) is -3.37. The Kier molecular flexibility index (Phi) is 3.46. The molecule has 3 fully saturated rings. The van der Waals surface area contributed by atoms with Gasteiger partial charge in [-0.15, -0.1) is 0 Å². The SMILES string of the molecule is O=S(=O)(c1ccc2ccccc2c1)N1CC2CCC(CC2)C1. The maximum Gasteiger partial charge on any atom is 0.243 e. The Morgan fingerprint density at radius 2 is 1.41 bits per heavy atom. The molecule has 3 aliphatic rings. The van der Waals surface area contributed by atoms with Crippen LogP contribution < -0.4 is 0 Å². The van der Waals surface area contributed by atoms with Gasteiger partial charge in [0, 0.05) is 13.1 Å². The number of fused-ring (bicyclic) bond motifs is 5. The van der Waals surface area contributed by atoms with E-state index in [4.69, 9.17) is 0 Å². The van der Waals surface area contributed by atoms with Crippen molar-refractivity contribution in [1.82, 2.24) is 4.31 Å². The highest BCUT2D eigenvalue weighted by molar-refractivity contribution is 7.89. The molecule has 4 heteroatoms. The first-order valence-electron chi connectivity index (χ1n) is 8.12. The molecule has 0 aromatic heterocycles. The van der Waals surface area contributed by atoms with E-state index in [-0.39, 0.29) is 0 Å². The quantitative estimate of drug-likeness (QED) is 0.848. The average molecular weight is 315 g/mol. The molecule has 1 aliphatic carbocycles. The number of benzene rings is 2. The summed E-state index contributed by atoms with van der Waals surface area (Å²) >= 11 is 0. The average Bonchev–Trinajstić information content (AvgIpc) is 2.89. The van der Waals surface area contributed by atoms with E-state index in [1.807, 2.05) is 36.4 Å². The summed E-state index contributed by atoms with van der Waals surface area (Å²) in [6, 6.07) is 13.4. The van der Waals surface area contributed by atoms with Crippen LogP contribution in [0.5, 0.6) is 0 Å². The lowest BCUT2D eigenvalue weighted by molar-refractivity contribution is 0.326. The molecule has 2 aliphatic heterocycles. The fraction of sp³-hybridized carbons (Fsp3) is 0.444. The zero-order valence-electron chi connectivity index (χ0n) is 12.6. The maximum absolute atomic E-state index is 13.0. The van der Waals surface area contributed by atoms with E-state index in [2.05, 4.69) is 0 Å². The van der Waals surface area contributed by atoms with Crippen LogP contribution in [0, 0.1) is 11.8 Å². The number of sulfonamides is 1. The Hall–Kier alpha value is -1.39. The second kappa shape index (κ2) is 5.36. The summed E-state index contributed by atoms with van der Waals surface area (Å²) in [5, 5.41) is 2.07. The van der Waals surface area contributed by atoms with Crippen LogP contribution in [-0.4, -0.2) is 25.8 Å². The van der Waals surface area contributed by atoms with Crippen LogP contribution in [-0.2, 0) is 10.0 Å². The van der Waals surface area contributed by atoms with Gasteiger partial charge in [-0.2, -0.15) is 4.31 Å². The smallest absolute Gasteiger partial charge is 0.207 e. The van der Waals surface area contributed by atoms with Crippen molar-refractivity contribution >= 4 is 20.8 Å². The Bertz CT molecular complexity index is 778. The first kappa shape index (κ1) is 14.2. The van der Waals surface area contributed by atoms with Gasteiger partial charge in [-0.1, -0.05) is 30.3 Å². The molecule has 3 nitrogen and oxygen atoms in total. The van der Waals surface area contributed by atoms with Gasteiger partial charge in [0.1, 0.15) is 0 Å². The van der Waals surface area contributed by atoms with Gasteiger partial charge in [0.2, 0.25) is 10.0 Å². The lowest BCUT2D eigenvalue weighted by Gasteiger charge is -2.22. The topological polar surface area (TPSA) is 37.4 Å².